The molecular weight excluding hydrogens is 534 g/mol. The van der Waals surface area contributed by atoms with Crippen molar-refractivity contribution in [1.29, 1.82) is 0 Å². The van der Waals surface area contributed by atoms with Crippen molar-refractivity contribution in [2.75, 3.05) is 5.73 Å². The highest BCUT2D eigenvalue weighted by Gasteiger charge is 2.15. The molecule has 0 spiro atoms. The van der Waals surface area contributed by atoms with Crippen molar-refractivity contribution in [3.8, 4) is 17.5 Å². The highest BCUT2D eigenvalue weighted by Crippen LogP contribution is 2.14. The van der Waals surface area contributed by atoms with Crippen LogP contribution >= 0.6 is 0 Å². The summed E-state index contributed by atoms with van der Waals surface area (Å²) >= 11 is 0. The zero-order chi connectivity index (χ0) is 30.4. The number of anilines is 1. The number of primary amides is 1. The minimum absolute atomic E-state index is 0.103. The van der Waals surface area contributed by atoms with Crippen LogP contribution < -0.4 is 22.7 Å². The summed E-state index contributed by atoms with van der Waals surface area (Å²) in [6.45, 7) is 5.93. The van der Waals surface area contributed by atoms with Gasteiger partial charge in [-0.2, -0.15) is 5.10 Å². The molecule has 1 amide bonds. The van der Waals surface area contributed by atoms with E-state index in [1.165, 1.54) is 4.52 Å². The van der Waals surface area contributed by atoms with Crippen molar-refractivity contribution in [1.82, 2.24) is 33.9 Å². The lowest BCUT2D eigenvalue weighted by Gasteiger charge is -2.07. The largest absolute Gasteiger partial charge is 0.381 e. The smallest absolute Gasteiger partial charge is 0.333 e. The van der Waals surface area contributed by atoms with E-state index in [2.05, 4.69) is 32.0 Å². The number of aromatic nitrogens is 7. The predicted molar refractivity (Wildman–Crippen MR) is 161 cm³/mol. The van der Waals surface area contributed by atoms with Crippen LogP contribution in [0.5, 0.6) is 0 Å². The summed E-state index contributed by atoms with van der Waals surface area (Å²) in [4.78, 5) is 43.2. The first-order valence-electron chi connectivity index (χ1n) is 13.0. The maximum Gasteiger partial charge on any atom is 0.333 e. The number of nitrogen functional groups attached to an aromatic ring is 1. The quantitative estimate of drug-likeness (QED) is 0.272. The number of carbonyl (C=O) groups excluding carboxylic acids is 1. The first-order valence-corrected chi connectivity index (χ1v) is 13.0. The van der Waals surface area contributed by atoms with Crippen LogP contribution in [0.25, 0.3) is 22.2 Å². The van der Waals surface area contributed by atoms with Crippen molar-refractivity contribution >= 4 is 28.3 Å². The van der Waals surface area contributed by atoms with Crippen molar-refractivity contribution < 1.29 is 4.79 Å². The second-order valence-corrected chi connectivity index (χ2v) is 8.66. The summed E-state index contributed by atoms with van der Waals surface area (Å²) in [5.41, 5.74) is 13.5. The number of nitrogens with two attached hydrogens (primary N) is 2. The van der Waals surface area contributed by atoms with E-state index in [-0.39, 0.29) is 11.4 Å². The molecule has 4 aromatic heterocycles. The number of nitrogens with zero attached hydrogens (tertiary/aromatic N) is 6. The number of para-hydroxylation sites is 1. The Kier molecular flexibility index (Phi) is 8.63. The molecule has 0 aliphatic carbocycles. The third-order valence-electron chi connectivity index (χ3n) is 6.18. The summed E-state index contributed by atoms with van der Waals surface area (Å²) in [5.74, 6) is 5.61. The van der Waals surface area contributed by atoms with E-state index < -0.39 is 17.2 Å². The molecule has 0 bridgehead atoms. The number of H-pyrrole nitrogens is 1. The number of aromatic amines is 1. The fraction of sp³-hybridized carbons (Fsp3) is 0.133. The molecule has 12 heteroatoms. The Bertz CT molecular complexity index is 2070. The molecule has 0 fully saturated rings. The van der Waals surface area contributed by atoms with Crippen LogP contribution in [0, 0.1) is 18.8 Å². The molecule has 4 heterocycles. The number of amides is 1. The number of carbonyl (C=O) groups is 1. The van der Waals surface area contributed by atoms with Crippen molar-refractivity contribution in [2.24, 2.45) is 12.8 Å². The summed E-state index contributed by atoms with van der Waals surface area (Å²) in [5, 5.41) is 8.42. The number of hydrogen-bond donors (Lipinski definition) is 3. The average molecular weight is 564 g/mol. The number of aryl methyl sites for hydroxylation is 1. The molecule has 42 heavy (non-hydrogen) atoms. The topological polar surface area (TPSA) is 172 Å². The molecule has 0 radical (unpaired) electrons. The standard InChI is InChI=1S/C21H16N4O2.C7H7N5O.C2H6/c1-14-16(13-22-24(14)2)12-11-15-7-6-10-18-19(15)20(26)25(21(27)23-18)17-8-4-3-5-9-17;8-5-4(6(9)13)7-10-2-1-3-12(7)11-5;1-2/h3-10,13H,1-2H3,(H,23,27);1-3H,(H2,8,11)(H2,9,13);1-2H3. The lowest BCUT2D eigenvalue weighted by atomic mass is 10.1. The minimum Gasteiger partial charge on any atom is -0.381 e. The SMILES string of the molecule is CC.Cc1c(C#Cc2cccc3[nH]c(=O)n(-c4ccccc4)c(=O)c23)cnn1C.NC(=O)c1c(N)nn2cccnc12. The number of fused-ring (bicyclic) bond motifs is 2. The van der Waals surface area contributed by atoms with Gasteiger partial charge in [-0.3, -0.25) is 14.3 Å². The van der Waals surface area contributed by atoms with Gasteiger partial charge >= 0.3 is 5.69 Å². The van der Waals surface area contributed by atoms with Gasteiger partial charge in [0, 0.05) is 25.0 Å². The third-order valence-corrected chi connectivity index (χ3v) is 6.18. The fourth-order valence-electron chi connectivity index (χ4n) is 4.07. The van der Waals surface area contributed by atoms with E-state index in [0.29, 0.717) is 27.8 Å². The average Bonchev–Trinajstić information content (AvgIpc) is 3.50. The van der Waals surface area contributed by atoms with Gasteiger partial charge in [0.2, 0.25) is 0 Å². The Morgan fingerprint density at radius 2 is 1.69 bits per heavy atom. The molecule has 212 valence electrons. The first-order chi connectivity index (χ1) is 20.3. The van der Waals surface area contributed by atoms with Gasteiger partial charge < -0.3 is 16.5 Å². The Balaban J connectivity index is 0.000000226. The molecule has 0 aliphatic heterocycles. The molecule has 6 aromatic rings. The summed E-state index contributed by atoms with van der Waals surface area (Å²) in [6.07, 6.45) is 4.88. The van der Waals surface area contributed by atoms with Gasteiger partial charge in [0.05, 0.1) is 34.0 Å². The fourth-order valence-corrected chi connectivity index (χ4v) is 4.07. The van der Waals surface area contributed by atoms with Crippen molar-refractivity contribution in [2.45, 2.75) is 20.8 Å². The lowest BCUT2D eigenvalue weighted by Crippen LogP contribution is -2.33. The Morgan fingerprint density at radius 1 is 0.976 bits per heavy atom. The molecule has 12 nitrogen and oxygen atoms in total. The monoisotopic (exact) mass is 563 g/mol. The molecule has 6 rings (SSSR count). The molecule has 0 atom stereocenters. The number of nitrogens with one attached hydrogen (secondary N) is 1. The Morgan fingerprint density at radius 3 is 2.36 bits per heavy atom. The van der Waals surface area contributed by atoms with Gasteiger partial charge in [0.15, 0.2) is 11.5 Å². The van der Waals surface area contributed by atoms with E-state index in [1.807, 2.05) is 33.9 Å². The van der Waals surface area contributed by atoms with E-state index >= 15 is 0 Å². The van der Waals surface area contributed by atoms with Gasteiger partial charge in [0.25, 0.3) is 11.5 Å². The molecular formula is C30H29N9O3. The number of rotatable bonds is 2. The molecule has 0 saturated carbocycles. The van der Waals surface area contributed by atoms with Gasteiger partial charge in [-0.1, -0.05) is 50.0 Å². The summed E-state index contributed by atoms with van der Waals surface area (Å²) < 4.78 is 4.28. The Hall–Kier alpha value is -5.96. The molecule has 0 aliphatic rings. The van der Waals surface area contributed by atoms with Crippen LogP contribution in [-0.2, 0) is 7.05 Å². The van der Waals surface area contributed by atoms with E-state index in [0.717, 1.165) is 15.8 Å². The summed E-state index contributed by atoms with van der Waals surface area (Å²) in [6, 6.07) is 15.8. The lowest BCUT2D eigenvalue weighted by molar-refractivity contribution is 0.100. The maximum atomic E-state index is 13.1. The summed E-state index contributed by atoms with van der Waals surface area (Å²) in [7, 11) is 1.85. The third kappa shape index (κ3) is 5.66. The predicted octanol–water partition coefficient (Wildman–Crippen LogP) is 2.56. The van der Waals surface area contributed by atoms with Gasteiger partial charge in [-0.25, -0.2) is 18.9 Å². The Labute approximate surface area is 240 Å². The van der Waals surface area contributed by atoms with Crippen LogP contribution in [-0.4, -0.2) is 39.8 Å². The van der Waals surface area contributed by atoms with Crippen molar-refractivity contribution in [3.05, 3.63) is 116 Å². The highest BCUT2D eigenvalue weighted by molar-refractivity contribution is 6.03. The second kappa shape index (κ2) is 12.5. The zero-order valence-electron chi connectivity index (χ0n) is 23.5. The van der Waals surface area contributed by atoms with Gasteiger partial charge in [0.1, 0.15) is 5.56 Å². The highest BCUT2D eigenvalue weighted by atomic mass is 16.2. The van der Waals surface area contributed by atoms with Crippen molar-refractivity contribution in [3.63, 3.8) is 0 Å². The molecule has 0 saturated heterocycles. The molecule has 5 N–H and O–H groups in total. The second-order valence-electron chi connectivity index (χ2n) is 8.66. The molecule has 2 aromatic carbocycles. The maximum absolute atomic E-state index is 13.1. The zero-order valence-corrected chi connectivity index (χ0v) is 23.5. The molecule has 0 unspecified atom stereocenters. The first kappa shape index (κ1) is 29.0. The number of hydrogen-bond acceptors (Lipinski definition) is 7. The van der Waals surface area contributed by atoms with Crippen LogP contribution in [0.4, 0.5) is 5.82 Å². The van der Waals surface area contributed by atoms with Crippen LogP contribution in [0.15, 0.2) is 82.8 Å². The normalized spacial score (nSPS) is 10.2. The van der Waals surface area contributed by atoms with E-state index in [4.69, 9.17) is 11.5 Å². The van der Waals surface area contributed by atoms with Crippen LogP contribution in [0.2, 0.25) is 0 Å². The van der Waals surface area contributed by atoms with Gasteiger partial charge in [-0.15, -0.1) is 5.10 Å². The van der Waals surface area contributed by atoms with Gasteiger partial charge in [-0.05, 0) is 37.3 Å². The van der Waals surface area contributed by atoms with E-state index in [1.54, 1.807) is 71.8 Å². The number of benzene rings is 2. The minimum atomic E-state index is -0.619. The van der Waals surface area contributed by atoms with Crippen LogP contribution in [0.1, 0.15) is 41.0 Å². The van der Waals surface area contributed by atoms with E-state index in [9.17, 15) is 14.4 Å². The van der Waals surface area contributed by atoms with Crippen LogP contribution in [0.3, 0.4) is 0 Å².